The Morgan fingerprint density at radius 3 is 2.50 bits per heavy atom. The van der Waals surface area contributed by atoms with E-state index in [4.69, 9.17) is 16.3 Å². The molecule has 34 heavy (non-hydrogen) atoms. The fourth-order valence-electron chi connectivity index (χ4n) is 3.26. The fourth-order valence-corrected chi connectivity index (χ4v) is 4.23. The molecule has 0 saturated carbocycles. The Hall–Kier alpha value is -3.55. The first kappa shape index (κ1) is 23.6. The van der Waals surface area contributed by atoms with Crippen LogP contribution >= 0.6 is 23.4 Å². The van der Waals surface area contributed by atoms with Crippen LogP contribution in [0.2, 0.25) is 5.02 Å². The number of hydrogen-bond donors (Lipinski definition) is 1. The maximum atomic E-state index is 12.7. The number of imide groups is 1. The summed E-state index contributed by atoms with van der Waals surface area (Å²) in [5.74, 6) is -0.248. The summed E-state index contributed by atoms with van der Waals surface area (Å²) in [6, 6.07) is 21.9. The van der Waals surface area contributed by atoms with E-state index in [2.05, 4.69) is 5.32 Å². The zero-order valence-corrected chi connectivity index (χ0v) is 19.9. The second-order valence-corrected chi connectivity index (χ2v) is 9.10. The van der Waals surface area contributed by atoms with Gasteiger partial charge in [0, 0.05) is 10.7 Å². The maximum Gasteiger partial charge on any atom is 0.294 e. The Kier molecular flexibility index (Phi) is 7.35. The summed E-state index contributed by atoms with van der Waals surface area (Å²) >= 11 is 6.71. The number of rotatable bonds is 7. The van der Waals surface area contributed by atoms with Gasteiger partial charge in [0.2, 0.25) is 5.91 Å². The van der Waals surface area contributed by atoms with Crippen molar-refractivity contribution in [2.24, 2.45) is 0 Å². The van der Waals surface area contributed by atoms with Crippen molar-refractivity contribution in [2.45, 2.75) is 13.5 Å². The lowest BCUT2D eigenvalue weighted by atomic mass is 10.2. The molecule has 3 aromatic rings. The summed E-state index contributed by atoms with van der Waals surface area (Å²) < 4.78 is 5.77. The van der Waals surface area contributed by atoms with Crippen molar-refractivity contribution in [1.29, 1.82) is 0 Å². The number of halogens is 1. The van der Waals surface area contributed by atoms with Crippen LogP contribution in [0.1, 0.15) is 16.7 Å². The summed E-state index contributed by atoms with van der Waals surface area (Å²) in [6.45, 7) is 1.97. The van der Waals surface area contributed by atoms with Crippen LogP contribution in [-0.4, -0.2) is 28.5 Å². The van der Waals surface area contributed by atoms with E-state index in [0.29, 0.717) is 23.1 Å². The van der Waals surface area contributed by atoms with Crippen LogP contribution in [0.4, 0.5) is 10.5 Å². The van der Waals surface area contributed by atoms with Crippen molar-refractivity contribution in [3.63, 3.8) is 0 Å². The first-order chi connectivity index (χ1) is 16.4. The van der Waals surface area contributed by atoms with Gasteiger partial charge in [-0.05, 0) is 77.9 Å². The van der Waals surface area contributed by atoms with E-state index in [9.17, 15) is 14.4 Å². The molecule has 0 radical (unpaired) electrons. The van der Waals surface area contributed by atoms with Crippen molar-refractivity contribution in [3.8, 4) is 5.75 Å². The first-order valence-corrected chi connectivity index (χ1v) is 11.7. The minimum absolute atomic E-state index is 0.267. The van der Waals surface area contributed by atoms with Gasteiger partial charge in [0.1, 0.15) is 18.9 Å². The number of hydrogen-bond acceptors (Lipinski definition) is 5. The Balaban J connectivity index is 1.35. The highest BCUT2D eigenvalue weighted by Gasteiger charge is 2.36. The Morgan fingerprint density at radius 1 is 1.06 bits per heavy atom. The van der Waals surface area contributed by atoms with E-state index < -0.39 is 17.1 Å². The van der Waals surface area contributed by atoms with Crippen molar-refractivity contribution < 1.29 is 19.1 Å². The van der Waals surface area contributed by atoms with Crippen molar-refractivity contribution in [2.75, 3.05) is 11.9 Å². The summed E-state index contributed by atoms with van der Waals surface area (Å²) in [5, 5.41) is 2.91. The van der Waals surface area contributed by atoms with Gasteiger partial charge in [-0.2, -0.15) is 0 Å². The molecule has 0 spiro atoms. The van der Waals surface area contributed by atoms with Crippen molar-refractivity contribution in [3.05, 3.63) is 99.4 Å². The molecule has 3 aromatic carbocycles. The number of benzene rings is 3. The highest BCUT2D eigenvalue weighted by atomic mass is 35.5. The van der Waals surface area contributed by atoms with Crippen LogP contribution in [0.5, 0.6) is 5.75 Å². The Morgan fingerprint density at radius 2 is 1.79 bits per heavy atom. The SMILES string of the molecule is Cc1cccc(NC(=O)CN2C(=O)S/C(=C\c3ccc(OCc4ccc(Cl)cc4)cc3)C2=O)c1. The summed E-state index contributed by atoms with van der Waals surface area (Å²) in [7, 11) is 0. The van der Waals surface area contributed by atoms with Gasteiger partial charge in [-0.1, -0.05) is 48.0 Å². The van der Waals surface area contributed by atoms with E-state index in [1.54, 1.807) is 36.4 Å². The zero-order chi connectivity index (χ0) is 24.1. The molecule has 0 aliphatic carbocycles. The number of nitrogens with zero attached hydrogens (tertiary/aromatic N) is 1. The van der Waals surface area contributed by atoms with Gasteiger partial charge in [0.25, 0.3) is 11.1 Å². The topological polar surface area (TPSA) is 75.7 Å². The average molecular weight is 493 g/mol. The Bertz CT molecular complexity index is 1260. The van der Waals surface area contributed by atoms with Gasteiger partial charge < -0.3 is 10.1 Å². The second-order valence-electron chi connectivity index (χ2n) is 7.67. The predicted octanol–water partition coefficient (Wildman–Crippen LogP) is 5.90. The average Bonchev–Trinajstić information content (AvgIpc) is 3.07. The molecular weight excluding hydrogens is 472 g/mol. The number of anilines is 1. The lowest BCUT2D eigenvalue weighted by molar-refractivity contribution is -0.127. The molecule has 172 valence electrons. The molecule has 0 unspecified atom stereocenters. The normalized spacial score (nSPS) is 14.5. The monoisotopic (exact) mass is 492 g/mol. The fraction of sp³-hybridized carbons (Fsp3) is 0.115. The molecule has 3 amide bonds. The molecule has 0 bridgehead atoms. The Labute approximate surface area is 206 Å². The molecule has 1 N–H and O–H groups in total. The molecule has 1 aliphatic heterocycles. The number of carbonyl (C=O) groups excluding carboxylic acids is 3. The second kappa shape index (κ2) is 10.6. The van der Waals surface area contributed by atoms with E-state index in [1.165, 1.54) is 0 Å². The standard InChI is InChI=1S/C26H21ClN2O4S/c1-17-3-2-4-21(13-17)28-24(30)15-29-25(31)23(34-26(29)32)14-18-7-11-22(12-8-18)33-16-19-5-9-20(27)10-6-19/h2-14H,15-16H2,1H3,(H,28,30)/b23-14-. The third-order valence-corrected chi connectivity index (χ3v) is 6.13. The minimum atomic E-state index is -0.488. The molecule has 6 nitrogen and oxygen atoms in total. The van der Waals surface area contributed by atoms with Crippen LogP contribution in [0.25, 0.3) is 6.08 Å². The lowest BCUT2D eigenvalue weighted by Gasteiger charge is -2.12. The highest BCUT2D eigenvalue weighted by molar-refractivity contribution is 8.18. The first-order valence-electron chi connectivity index (χ1n) is 10.5. The quantitative estimate of drug-likeness (QED) is 0.415. The summed E-state index contributed by atoms with van der Waals surface area (Å²) in [5.41, 5.74) is 3.35. The van der Waals surface area contributed by atoms with Gasteiger partial charge >= 0.3 is 0 Å². The molecular formula is C26H21ClN2O4S. The number of nitrogens with one attached hydrogen (secondary N) is 1. The zero-order valence-electron chi connectivity index (χ0n) is 18.3. The van der Waals surface area contributed by atoms with E-state index in [1.807, 2.05) is 49.4 Å². The highest BCUT2D eigenvalue weighted by Crippen LogP contribution is 2.32. The van der Waals surface area contributed by atoms with Gasteiger partial charge in [-0.25, -0.2) is 0 Å². The van der Waals surface area contributed by atoms with Gasteiger partial charge in [0.05, 0.1) is 4.91 Å². The molecule has 1 aliphatic rings. The molecule has 4 rings (SSSR count). The van der Waals surface area contributed by atoms with Crippen LogP contribution in [-0.2, 0) is 16.2 Å². The predicted molar refractivity (Wildman–Crippen MR) is 135 cm³/mol. The number of ether oxygens (including phenoxy) is 1. The van der Waals surface area contributed by atoms with Crippen molar-refractivity contribution >= 4 is 52.2 Å². The van der Waals surface area contributed by atoms with Gasteiger partial charge in [-0.3, -0.25) is 19.3 Å². The number of aryl methyl sites for hydroxylation is 1. The summed E-state index contributed by atoms with van der Waals surface area (Å²) in [4.78, 5) is 38.6. The molecule has 1 saturated heterocycles. The largest absolute Gasteiger partial charge is 0.489 e. The minimum Gasteiger partial charge on any atom is -0.489 e. The van der Waals surface area contributed by atoms with Gasteiger partial charge in [-0.15, -0.1) is 0 Å². The number of thioether (sulfide) groups is 1. The lowest BCUT2D eigenvalue weighted by Crippen LogP contribution is -2.36. The van der Waals surface area contributed by atoms with Crippen LogP contribution < -0.4 is 10.1 Å². The molecule has 0 atom stereocenters. The third-order valence-electron chi connectivity index (χ3n) is 4.97. The molecule has 8 heteroatoms. The summed E-state index contributed by atoms with van der Waals surface area (Å²) in [6.07, 6.45) is 1.63. The van der Waals surface area contributed by atoms with Crippen LogP contribution in [0, 0.1) is 6.92 Å². The van der Waals surface area contributed by atoms with Crippen LogP contribution in [0.3, 0.4) is 0 Å². The number of amides is 3. The smallest absolute Gasteiger partial charge is 0.294 e. The van der Waals surface area contributed by atoms with E-state index >= 15 is 0 Å². The van der Waals surface area contributed by atoms with E-state index in [0.717, 1.165) is 33.4 Å². The molecule has 1 heterocycles. The maximum absolute atomic E-state index is 12.7. The van der Waals surface area contributed by atoms with Crippen LogP contribution in [0.15, 0.2) is 77.7 Å². The van der Waals surface area contributed by atoms with Gasteiger partial charge in [0.15, 0.2) is 0 Å². The van der Waals surface area contributed by atoms with E-state index in [-0.39, 0.29) is 11.4 Å². The third kappa shape index (κ3) is 6.07. The molecule has 0 aromatic heterocycles. The van der Waals surface area contributed by atoms with Crippen molar-refractivity contribution in [1.82, 2.24) is 4.90 Å². The number of carbonyl (C=O) groups is 3. The molecule has 1 fully saturated rings.